The Balaban J connectivity index is 3.27. The van der Waals surface area contributed by atoms with E-state index in [0.29, 0.717) is 11.6 Å². The largest absolute Gasteiger partial charge is 0.475 e. The maximum atomic E-state index is 11.0. The molecule has 0 aliphatic heterocycles. The third-order valence-corrected chi connectivity index (χ3v) is 2.86. The summed E-state index contributed by atoms with van der Waals surface area (Å²) in [7, 11) is 0. The maximum absolute atomic E-state index is 11.0. The second-order valence-electron chi connectivity index (χ2n) is 4.93. The summed E-state index contributed by atoms with van der Waals surface area (Å²) in [4.78, 5) is 15.3. The fourth-order valence-electron chi connectivity index (χ4n) is 1.32. The molecule has 0 saturated carbocycles. The third-order valence-electron chi connectivity index (χ3n) is 2.86. The highest BCUT2D eigenvalue weighted by atomic mass is 16.4. The summed E-state index contributed by atoms with van der Waals surface area (Å²) in [5, 5.41) is 9.03. The predicted octanol–water partition coefficient (Wildman–Crippen LogP) is 3.18. The number of nitrogens with zero attached hydrogens (tertiary/aromatic N) is 1. The number of aromatic nitrogens is 1. The van der Waals surface area contributed by atoms with Gasteiger partial charge in [0.2, 0.25) is 11.7 Å². The lowest BCUT2D eigenvalue weighted by Crippen LogP contribution is -2.16. The SMILES string of the molecule is CCC(C)(C)c1nc(C(C)C)c(C(=O)O)o1. The number of aromatic carboxylic acids is 1. The maximum Gasteiger partial charge on any atom is 0.373 e. The normalized spacial score (nSPS) is 12.1. The van der Waals surface area contributed by atoms with Gasteiger partial charge in [0.25, 0.3) is 0 Å². The van der Waals surface area contributed by atoms with E-state index in [0.717, 1.165) is 6.42 Å². The van der Waals surface area contributed by atoms with Gasteiger partial charge in [-0.15, -0.1) is 0 Å². The highest BCUT2D eigenvalue weighted by molar-refractivity contribution is 5.85. The summed E-state index contributed by atoms with van der Waals surface area (Å²) in [6.07, 6.45) is 0.851. The lowest BCUT2D eigenvalue weighted by molar-refractivity contribution is 0.0656. The van der Waals surface area contributed by atoms with Crippen molar-refractivity contribution in [2.24, 2.45) is 0 Å². The summed E-state index contributed by atoms with van der Waals surface area (Å²) in [5.41, 5.74) is 0.307. The van der Waals surface area contributed by atoms with Gasteiger partial charge in [0.15, 0.2) is 0 Å². The quantitative estimate of drug-likeness (QED) is 0.854. The Bertz CT molecular complexity index is 391. The first-order chi connectivity index (χ1) is 7.29. The molecule has 0 bridgehead atoms. The molecule has 0 aromatic carbocycles. The number of hydrogen-bond acceptors (Lipinski definition) is 3. The molecule has 0 radical (unpaired) electrons. The van der Waals surface area contributed by atoms with Crippen LogP contribution in [0.4, 0.5) is 0 Å². The first kappa shape index (κ1) is 12.7. The Morgan fingerprint density at radius 3 is 2.38 bits per heavy atom. The molecule has 0 aliphatic carbocycles. The Kier molecular flexibility index (Phi) is 3.41. The highest BCUT2D eigenvalue weighted by Crippen LogP contribution is 2.30. The molecule has 16 heavy (non-hydrogen) atoms. The van der Waals surface area contributed by atoms with Crippen LogP contribution in [0.1, 0.15) is 69.1 Å². The van der Waals surface area contributed by atoms with Crippen molar-refractivity contribution in [1.29, 1.82) is 0 Å². The molecule has 4 nitrogen and oxygen atoms in total. The molecule has 1 heterocycles. The summed E-state index contributed by atoms with van der Waals surface area (Å²) < 4.78 is 5.38. The average molecular weight is 225 g/mol. The zero-order valence-electron chi connectivity index (χ0n) is 10.5. The molecule has 0 aliphatic rings. The molecule has 4 heteroatoms. The van der Waals surface area contributed by atoms with E-state index in [1.807, 2.05) is 34.6 Å². The Morgan fingerprint density at radius 1 is 1.50 bits per heavy atom. The van der Waals surface area contributed by atoms with E-state index in [1.165, 1.54) is 0 Å². The van der Waals surface area contributed by atoms with Gasteiger partial charge in [-0.25, -0.2) is 9.78 Å². The molecular formula is C12H19NO3. The van der Waals surface area contributed by atoms with Crippen LogP contribution in [0.5, 0.6) is 0 Å². The predicted molar refractivity (Wildman–Crippen MR) is 60.9 cm³/mol. The molecule has 0 unspecified atom stereocenters. The van der Waals surface area contributed by atoms with Gasteiger partial charge < -0.3 is 9.52 Å². The van der Waals surface area contributed by atoms with Crippen molar-refractivity contribution in [3.8, 4) is 0 Å². The fourth-order valence-corrected chi connectivity index (χ4v) is 1.32. The zero-order valence-corrected chi connectivity index (χ0v) is 10.5. The molecule has 0 amide bonds. The fraction of sp³-hybridized carbons (Fsp3) is 0.667. The van der Waals surface area contributed by atoms with Crippen LogP contribution in [0, 0.1) is 0 Å². The van der Waals surface area contributed by atoms with Gasteiger partial charge in [-0.1, -0.05) is 34.6 Å². The second-order valence-corrected chi connectivity index (χ2v) is 4.93. The van der Waals surface area contributed by atoms with Gasteiger partial charge in [-0.3, -0.25) is 0 Å². The number of carboxylic acids is 1. The van der Waals surface area contributed by atoms with E-state index in [9.17, 15) is 4.79 Å². The van der Waals surface area contributed by atoms with Crippen molar-refractivity contribution >= 4 is 5.97 Å². The van der Waals surface area contributed by atoms with Crippen LogP contribution < -0.4 is 0 Å². The van der Waals surface area contributed by atoms with Gasteiger partial charge in [0, 0.05) is 5.41 Å². The van der Waals surface area contributed by atoms with Crippen molar-refractivity contribution in [2.75, 3.05) is 0 Å². The van der Waals surface area contributed by atoms with E-state index < -0.39 is 5.97 Å². The van der Waals surface area contributed by atoms with E-state index in [-0.39, 0.29) is 17.1 Å². The number of hydrogen-bond donors (Lipinski definition) is 1. The Hall–Kier alpha value is -1.32. The number of carbonyl (C=O) groups is 1. The van der Waals surface area contributed by atoms with Gasteiger partial charge in [0.1, 0.15) is 0 Å². The van der Waals surface area contributed by atoms with E-state index in [4.69, 9.17) is 9.52 Å². The van der Waals surface area contributed by atoms with Crippen LogP contribution >= 0.6 is 0 Å². The average Bonchev–Trinajstić information content (AvgIpc) is 2.62. The number of carboxylic acid groups (broad SMARTS) is 1. The minimum Gasteiger partial charge on any atom is -0.475 e. The van der Waals surface area contributed by atoms with Gasteiger partial charge in [-0.2, -0.15) is 0 Å². The minimum atomic E-state index is -1.05. The van der Waals surface area contributed by atoms with Crippen LogP contribution in [-0.4, -0.2) is 16.1 Å². The van der Waals surface area contributed by atoms with E-state index >= 15 is 0 Å². The summed E-state index contributed by atoms with van der Waals surface area (Å²) >= 11 is 0. The lowest BCUT2D eigenvalue weighted by atomic mass is 9.90. The van der Waals surface area contributed by atoms with E-state index in [1.54, 1.807) is 0 Å². The number of rotatable bonds is 4. The summed E-state index contributed by atoms with van der Waals surface area (Å²) in [6.45, 7) is 9.84. The van der Waals surface area contributed by atoms with Crippen molar-refractivity contribution in [2.45, 2.75) is 52.4 Å². The molecule has 1 aromatic heterocycles. The monoisotopic (exact) mass is 225 g/mol. The summed E-state index contributed by atoms with van der Waals surface area (Å²) in [5.74, 6) is -0.506. The van der Waals surface area contributed by atoms with Gasteiger partial charge >= 0.3 is 5.97 Å². The first-order valence-corrected chi connectivity index (χ1v) is 5.54. The minimum absolute atomic E-state index is 0.0217. The molecule has 90 valence electrons. The smallest absolute Gasteiger partial charge is 0.373 e. The Morgan fingerprint density at radius 2 is 2.06 bits per heavy atom. The van der Waals surface area contributed by atoms with Crippen LogP contribution in [0.2, 0.25) is 0 Å². The topological polar surface area (TPSA) is 63.3 Å². The van der Waals surface area contributed by atoms with Crippen molar-refractivity contribution in [3.63, 3.8) is 0 Å². The first-order valence-electron chi connectivity index (χ1n) is 5.54. The molecule has 0 fully saturated rings. The van der Waals surface area contributed by atoms with Gasteiger partial charge in [0.05, 0.1) is 5.69 Å². The number of oxazole rings is 1. The standard InChI is InChI=1S/C12H19NO3/c1-6-12(4,5)11-13-8(7(2)3)9(16-11)10(14)15/h7H,6H2,1-5H3,(H,14,15). The highest BCUT2D eigenvalue weighted by Gasteiger charge is 2.29. The second kappa shape index (κ2) is 4.28. The molecular weight excluding hydrogens is 206 g/mol. The Labute approximate surface area is 95.7 Å². The zero-order chi connectivity index (χ0) is 12.5. The van der Waals surface area contributed by atoms with Crippen molar-refractivity contribution in [3.05, 3.63) is 17.3 Å². The van der Waals surface area contributed by atoms with Gasteiger partial charge in [-0.05, 0) is 12.3 Å². The van der Waals surface area contributed by atoms with Crippen LogP contribution in [0.25, 0.3) is 0 Å². The molecule has 1 rings (SSSR count). The van der Waals surface area contributed by atoms with Crippen LogP contribution in [-0.2, 0) is 5.41 Å². The molecule has 1 N–H and O–H groups in total. The molecule has 0 saturated heterocycles. The lowest BCUT2D eigenvalue weighted by Gasteiger charge is -2.17. The van der Waals surface area contributed by atoms with Crippen LogP contribution in [0.15, 0.2) is 4.42 Å². The molecule has 1 aromatic rings. The third kappa shape index (κ3) is 2.26. The van der Waals surface area contributed by atoms with Crippen LogP contribution in [0.3, 0.4) is 0 Å². The molecule has 0 atom stereocenters. The van der Waals surface area contributed by atoms with Crippen molar-refractivity contribution < 1.29 is 14.3 Å². The summed E-state index contributed by atoms with van der Waals surface area (Å²) in [6, 6.07) is 0. The van der Waals surface area contributed by atoms with E-state index in [2.05, 4.69) is 4.98 Å². The van der Waals surface area contributed by atoms with Crippen molar-refractivity contribution in [1.82, 2.24) is 4.98 Å². The molecule has 0 spiro atoms.